The summed E-state index contributed by atoms with van der Waals surface area (Å²) in [6, 6.07) is 7.29. The predicted molar refractivity (Wildman–Crippen MR) is 83.9 cm³/mol. The smallest absolute Gasteiger partial charge is 0.237 e. The van der Waals surface area contributed by atoms with Crippen molar-refractivity contribution in [3.05, 3.63) is 24.3 Å². The van der Waals surface area contributed by atoms with Crippen LogP contribution in [0.2, 0.25) is 0 Å². The molecule has 1 aromatic rings. The van der Waals surface area contributed by atoms with Gasteiger partial charge in [-0.3, -0.25) is 4.79 Å². The van der Waals surface area contributed by atoms with E-state index in [2.05, 4.69) is 12.2 Å². The monoisotopic (exact) mass is 292 g/mol. The molecule has 3 N–H and O–H groups in total. The third-order valence-corrected chi connectivity index (χ3v) is 4.11. The van der Waals surface area contributed by atoms with Crippen LogP contribution in [0.25, 0.3) is 0 Å². The molecule has 4 nitrogen and oxygen atoms in total. The number of anilines is 1. The Labute approximate surface area is 124 Å². The van der Waals surface area contributed by atoms with Crippen LogP contribution in [-0.4, -0.2) is 17.5 Å². The summed E-state index contributed by atoms with van der Waals surface area (Å²) >= 11 is 5.08. The molecular weight excluding hydrogens is 272 g/mol. The van der Waals surface area contributed by atoms with Crippen molar-refractivity contribution in [2.45, 2.75) is 26.7 Å². The third kappa shape index (κ3) is 2.77. The number of nitrogens with one attached hydrogen (secondary N) is 1. The molecule has 0 spiro atoms. The molecule has 1 aliphatic carbocycles. The number of hydrogen-bond acceptors (Lipinski definition) is 3. The Morgan fingerprint density at radius 1 is 1.45 bits per heavy atom. The Hall–Kier alpha value is -1.62. The number of benzene rings is 1. The summed E-state index contributed by atoms with van der Waals surface area (Å²) in [5.41, 5.74) is 5.82. The highest BCUT2D eigenvalue weighted by Gasteiger charge is 2.50. The van der Waals surface area contributed by atoms with Crippen LogP contribution in [0.15, 0.2) is 24.3 Å². The molecule has 20 heavy (non-hydrogen) atoms. The Kier molecular flexibility index (Phi) is 4.28. The summed E-state index contributed by atoms with van der Waals surface area (Å²) in [4.78, 5) is 12.7. The van der Waals surface area contributed by atoms with Gasteiger partial charge >= 0.3 is 0 Å². The van der Waals surface area contributed by atoms with Crippen molar-refractivity contribution < 1.29 is 9.53 Å². The van der Waals surface area contributed by atoms with Gasteiger partial charge in [0.1, 0.15) is 5.75 Å². The standard InChI is InChI=1S/C15H20N2O2S/c1-3-19-12-6-4-11(5-7-12)17-14(18)15(13(16)20)8-10(2)9-15/h4-7,10H,3,8-9H2,1-2H3,(H2,16,20)(H,17,18). The van der Waals surface area contributed by atoms with Gasteiger partial charge in [0.25, 0.3) is 0 Å². The second-order valence-electron chi connectivity index (χ2n) is 5.37. The lowest BCUT2D eigenvalue weighted by Gasteiger charge is -2.44. The van der Waals surface area contributed by atoms with Crippen LogP contribution in [0.3, 0.4) is 0 Å². The molecule has 0 atom stereocenters. The number of hydrogen-bond donors (Lipinski definition) is 2. The number of thiocarbonyl (C=S) groups is 1. The fourth-order valence-corrected chi connectivity index (χ4v) is 2.94. The Balaban J connectivity index is 2.05. The first kappa shape index (κ1) is 14.8. The van der Waals surface area contributed by atoms with Gasteiger partial charge in [-0.1, -0.05) is 19.1 Å². The number of amides is 1. The number of carbonyl (C=O) groups excluding carboxylic acids is 1. The van der Waals surface area contributed by atoms with Crippen molar-refractivity contribution in [2.75, 3.05) is 11.9 Å². The van der Waals surface area contributed by atoms with Crippen LogP contribution in [0.5, 0.6) is 5.75 Å². The van der Waals surface area contributed by atoms with E-state index >= 15 is 0 Å². The maximum Gasteiger partial charge on any atom is 0.237 e. The minimum Gasteiger partial charge on any atom is -0.494 e. The highest BCUT2D eigenvalue weighted by molar-refractivity contribution is 7.80. The first-order valence-electron chi connectivity index (χ1n) is 6.82. The summed E-state index contributed by atoms with van der Waals surface area (Å²) < 4.78 is 5.36. The van der Waals surface area contributed by atoms with E-state index in [1.165, 1.54) is 0 Å². The van der Waals surface area contributed by atoms with Crippen molar-refractivity contribution >= 4 is 28.8 Å². The summed E-state index contributed by atoms with van der Waals surface area (Å²) in [5, 5.41) is 2.89. The van der Waals surface area contributed by atoms with Gasteiger partial charge in [-0.15, -0.1) is 0 Å². The fraction of sp³-hybridized carbons (Fsp3) is 0.467. The van der Waals surface area contributed by atoms with E-state index < -0.39 is 5.41 Å². The molecule has 1 amide bonds. The van der Waals surface area contributed by atoms with Gasteiger partial charge in [-0.05, 0) is 49.9 Å². The second kappa shape index (κ2) is 5.79. The van der Waals surface area contributed by atoms with Crippen LogP contribution >= 0.6 is 12.2 Å². The molecule has 5 heteroatoms. The van der Waals surface area contributed by atoms with Crippen molar-refractivity contribution in [1.29, 1.82) is 0 Å². The van der Waals surface area contributed by atoms with Gasteiger partial charge in [-0.25, -0.2) is 0 Å². The molecule has 108 valence electrons. The zero-order valence-electron chi connectivity index (χ0n) is 11.8. The molecule has 2 rings (SSSR count). The van der Waals surface area contributed by atoms with Gasteiger partial charge in [0.2, 0.25) is 5.91 Å². The topological polar surface area (TPSA) is 64.3 Å². The van der Waals surface area contributed by atoms with Crippen molar-refractivity contribution in [3.8, 4) is 5.75 Å². The molecule has 0 aromatic heterocycles. The SMILES string of the molecule is CCOc1ccc(NC(=O)C2(C(N)=S)CC(C)C2)cc1. The summed E-state index contributed by atoms with van der Waals surface area (Å²) in [6.45, 7) is 4.65. The lowest BCUT2D eigenvalue weighted by molar-refractivity contribution is -0.127. The van der Waals surface area contributed by atoms with Crippen LogP contribution < -0.4 is 15.8 Å². The molecule has 0 saturated heterocycles. The Bertz CT molecular complexity index is 507. The highest BCUT2D eigenvalue weighted by atomic mass is 32.1. The minimum absolute atomic E-state index is 0.104. The number of carbonyl (C=O) groups is 1. The van der Waals surface area contributed by atoms with Crippen LogP contribution in [0.4, 0.5) is 5.69 Å². The van der Waals surface area contributed by atoms with E-state index in [9.17, 15) is 4.79 Å². The molecule has 0 bridgehead atoms. The summed E-state index contributed by atoms with van der Waals surface area (Å²) in [5.74, 6) is 1.17. The van der Waals surface area contributed by atoms with Gasteiger partial charge in [0.05, 0.1) is 17.0 Å². The van der Waals surface area contributed by atoms with Gasteiger partial charge in [0, 0.05) is 5.69 Å². The van der Waals surface area contributed by atoms with E-state index in [0.29, 0.717) is 17.5 Å². The quantitative estimate of drug-likeness (QED) is 0.819. The molecular formula is C15H20N2O2S. The first-order chi connectivity index (χ1) is 9.48. The van der Waals surface area contributed by atoms with Crippen LogP contribution in [-0.2, 0) is 4.79 Å². The van der Waals surface area contributed by atoms with E-state index in [0.717, 1.165) is 24.3 Å². The minimum atomic E-state index is -0.673. The zero-order valence-corrected chi connectivity index (χ0v) is 12.6. The summed E-state index contributed by atoms with van der Waals surface area (Å²) in [6.07, 6.45) is 1.45. The second-order valence-corrected chi connectivity index (χ2v) is 5.81. The van der Waals surface area contributed by atoms with E-state index in [4.69, 9.17) is 22.7 Å². The molecule has 0 unspecified atom stereocenters. The molecule has 1 aliphatic rings. The summed E-state index contributed by atoms with van der Waals surface area (Å²) in [7, 11) is 0. The van der Waals surface area contributed by atoms with Gasteiger partial charge in [0.15, 0.2) is 0 Å². The van der Waals surface area contributed by atoms with E-state index in [-0.39, 0.29) is 5.91 Å². The molecule has 0 radical (unpaired) electrons. The first-order valence-corrected chi connectivity index (χ1v) is 7.23. The maximum absolute atomic E-state index is 12.4. The largest absolute Gasteiger partial charge is 0.494 e. The predicted octanol–water partition coefficient (Wildman–Crippen LogP) is 2.73. The molecule has 1 saturated carbocycles. The number of nitrogens with two attached hydrogens (primary N) is 1. The Morgan fingerprint density at radius 3 is 2.50 bits per heavy atom. The number of ether oxygens (including phenoxy) is 1. The third-order valence-electron chi connectivity index (χ3n) is 3.72. The average Bonchev–Trinajstić information content (AvgIpc) is 2.37. The zero-order chi connectivity index (χ0) is 14.8. The van der Waals surface area contributed by atoms with Crippen LogP contribution in [0.1, 0.15) is 26.7 Å². The van der Waals surface area contributed by atoms with Crippen molar-refractivity contribution in [3.63, 3.8) is 0 Å². The molecule has 1 fully saturated rings. The average molecular weight is 292 g/mol. The highest BCUT2D eigenvalue weighted by Crippen LogP contribution is 2.46. The molecule has 0 aliphatic heterocycles. The lowest BCUT2D eigenvalue weighted by atomic mass is 9.62. The maximum atomic E-state index is 12.4. The van der Waals surface area contributed by atoms with Gasteiger partial charge < -0.3 is 15.8 Å². The van der Waals surface area contributed by atoms with Crippen LogP contribution in [0, 0.1) is 11.3 Å². The normalized spacial score (nSPS) is 24.6. The lowest BCUT2D eigenvalue weighted by Crippen LogP contribution is -2.53. The van der Waals surface area contributed by atoms with E-state index in [1.807, 2.05) is 31.2 Å². The van der Waals surface area contributed by atoms with E-state index in [1.54, 1.807) is 0 Å². The van der Waals surface area contributed by atoms with Gasteiger partial charge in [-0.2, -0.15) is 0 Å². The molecule has 1 aromatic carbocycles. The fourth-order valence-electron chi connectivity index (χ4n) is 2.68. The Morgan fingerprint density at radius 2 is 2.05 bits per heavy atom. The van der Waals surface area contributed by atoms with Crippen molar-refractivity contribution in [2.24, 2.45) is 17.1 Å². The number of rotatable bonds is 5. The molecule has 0 heterocycles. The van der Waals surface area contributed by atoms with Crippen molar-refractivity contribution in [1.82, 2.24) is 0 Å².